The lowest BCUT2D eigenvalue weighted by atomic mass is 10.1. The number of halogens is 1. The van der Waals surface area contributed by atoms with Crippen LogP contribution in [0, 0.1) is 0 Å². The first kappa shape index (κ1) is 14.0. The second-order valence-corrected chi connectivity index (χ2v) is 5.67. The molecule has 0 amide bonds. The van der Waals surface area contributed by atoms with Crippen LogP contribution in [0.15, 0.2) is 42.7 Å². The van der Waals surface area contributed by atoms with Gasteiger partial charge in [0.2, 0.25) is 0 Å². The minimum Gasteiger partial charge on any atom is -0.495 e. The summed E-state index contributed by atoms with van der Waals surface area (Å²) in [5, 5.41) is 6.81. The average Bonchev–Trinajstić information content (AvgIpc) is 2.93. The van der Waals surface area contributed by atoms with Crippen LogP contribution in [-0.4, -0.2) is 26.9 Å². The van der Waals surface area contributed by atoms with Gasteiger partial charge in [0.05, 0.1) is 35.4 Å². The van der Waals surface area contributed by atoms with Gasteiger partial charge in [-0.05, 0) is 30.3 Å². The molecule has 0 saturated carbocycles. The zero-order valence-corrected chi connectivity index (χ0v) is 13.4. The molecule has 0 saturated heterocycles. The Kier molecular flexibility index (Phi) is 3.16. The number of methoxy groups -OCH3 is 1. The van der Waals surface area contributed by atoms with Gasteiger partial charge in [-0.2, -0.15) is 5.10 Å². The highest BCUT2D eigenvalue weighted by Gasteiger charge is 2.14. The molecule has 0 fully saturated rings. The lowest BCUT2D eigenvalue weighted by molar-refractivity contribution is 0.421. The van der Waals surface area contributed by atoms with Crippen LogP contribution in [0.5, 0.6) is 5.75 Å². The topological polar surface area (TPSA) is 52.8 Å². The molecule has 0 spiro atoms. The molecule has 1 aromatic carbocycles. The predicted octanol–water partition coefficient (Wildman–Crippen LogP) is 3.85. The number of rotatable bonds is 2. The number of aryl methyl sites for hydroxylation is 1. The van der Waals surface area contributed by atoms with Crippen LogP contribution in [0.2, 0.25) is 5.15 Å². The first-order chi connectivity index (χ1) is 11.2. The van der Waals surface area contributed by atoms with E-state index < -0.39 is 0 Å². The Morgan fingerprint density at radius 1 is 1.13 bits per heavy atom. The van der Waals surface area contributed by atoms with E-state index in [9.17, 15) is 0 Å². The van der Waals surface area contributed by atoms with E-state index in [2.05, 4.69) is 15.1 Å². The van der Waals surface area contributed by atoms with Gasteiger partial charge in [-0.15, -0.1) is 0 Å². The van der Waals surface area contributed by atoms with Crippen molar-refractivity contribution in [3.05, 3.63) is 47.9 Å². The Balaban J connectivity index is 1.96. The maximum Gasteiger partial charge on any atom is 0.139 e. The minimum absolute atomic E-state index is 0.460. The van der Waals surface area contributed by atoms with Crippen molar-refractivity contribution in [3.63, 3.8) is 0 Å². The molecule has 0 unspecified atom stereocenters. The summed E-state index contributed by atoms with van der Waals surface area (Å²) in [6.07, 6.45) is 3.67. The van der Waals surface area contributed by atoms with Crippen molar-refractivity contribution in [2.24, 2.45) is 7.05 Å². The van der Waals surface area contributed by atoms with Crippen molar-refractivity contribution in [3.8, 4) is 17.0 Å². The maximum absolute atomic E-state index is 5.92. The molecule has 3 heterocycles. The van der Waals surface area contributed by atoms with Crippen molar-refractivity contribution in [1.82, 2.24) is 19.7 Å². The molecule has 0 atom stereocenters. The number of fused-ring (bicyclic) bond motifs is 2. The van der Waals surface area contributed by atoms with Crippen LogP contribution < -0.4 is 4.74 Å². The Bertz CT molecular complexity index is 1040. The molecule has 0 N–H and O–H groups in total. The maximum atomic E-state index is 5.92. The average molecular weight is 325 g/mol. The van der Waals surface area contributed by atoms with Crippen molar-refractivity contribution in [1.29, 1.82) is 0 Å². The third-order valence-corrected chi connectivity index (χ3v) is 3.99. The van der Waals surface area contributed by atoms with E-state index in [-0.39, 0.29) is 0 Å². The van der Waals surface area contributed by atoms with Crippen LogP contribution in [0.25, 0.3) is 33.1 Å². The van der Waals surface area contributed by atoms with Crippen LogP contribution in [-0.2, 0) is 7.05 Å². The predicted molar refractivity (Wildman–Crippen MR) is 90.8 cm³/mol. The number of aromatic nitrogens is 4. The third-order valence-electron chi connectivity index (χ3n) is 3.78. The SMILES string of the molecule is COc1c(-c2cc3ccc(Cl)nc3cn2)ccc2nn(C)cc12. The van der Waals surface area contributed by atoms with E-state index in [1.54, 1.807) is 24.1 Å². The molecule has 4 aromatic rings. The van der Waals surface area contributed by atoms with E-state index in [0.29, 0.717) is 5.15 Å². The molecule has 0 aliphatic rings. The molecule has 4 rings (SSSR count). The highest BCUT2D eigenvalue weighted by Crippen LogP contribution is 2.36. The fourth-order valence-electron chi connectivity index (χ4n) is 2.76. The Labute approximate surface area is 137 Å². The third kappa shape index (κ3) is 2.29. The molecule has 5 nitrogen and oxygen atoms in total. The van der Waals surface area contributed by atoms with Gasteiger partial charge >= 0.3 is 0 Å². The van der Waals surface area contributed by atoms with Crippen LogP contribution >= 0.6 is 11.6 Å². The number of ether oxygens (including phenoxy) is 1. The zero-order chi connectivity index (χ0) is 16.0. The van der Waals surface area contributed by atoms with E-state index in [1.165, 1.54) is 0 Å². The van der Waals surface area contributed by atoms with E-state index in [4.69, 9.17) is 16.3 Å². The highest BCUT2D eigenvalue weighted by molar-refractivity contribution is 6.29. The van der Waals surface area contributed by atoms with Gasteiger partial charge < -0.3 is 4.74 Å². The van der Waals surface area contributed by atoms with Crippen molar-refractivity contribution in [2.45, 2.75) is 0 Å². The van der Waals surface area contributed by atoms with Gasteiger partial charge in [0.1, 0.15) is 10.9 Å². The molecule has 114 valence electrons. The Hall–Kier alpha value is -2.66. The second kappa shape index (κ2) is 5.21. The molecule has 6 heteroatoms. The molecule has 0 aliphatic heterocycles. The van der Waals surface area contributed by atoms with Gasteiger partial charge in [0.15, 0.2) is 0 Å². The summed E-state index contributed by atoms with van der Waals surface area (Å²) in [4.78, 5) is 8.78. The number of nitrogens with zero attached hydrogens (tertiary/aromatic N) is 4. The normalized spacial score (nSPS) is 11.3. The van der Waals surface area contributed by atoms with Crippen LogP contribution in [0.1, 0.15) is 0 Å². The van der Waals surface area contributed by atoms with Crippen molar-refractivity contribution in [2.75, 3.05) is 7.11 Å². The fourth-order valence-corrected chi connectivity index (χ4v) is 2.91. The summed E-state index contributed by atoms with van der Waals surface area (Å²) < 4.78 is 7.40. The summed E-state index contributed by atoms with van der Waals surface area (Å²) in [5.74, 6) is 0.768. The van der Waals surface area contributed by atoms with Gasteiger partial charge in [0.25, 0.3) is 0 Å². The number of pyridine rings is 2. The summed E-state index contributed by atoms with van der Waals surface area (Å²) in [7, 11) is 3.55. The van der Waals surface area contributed by atoms with Gasteiger partial charge in [-0.3, -0.25) is 9.67 Å². The highest BCUT2D eigenvalue weighted by atomic mass is 35.5. The molecule has 3 aromatic heterocycles. The van der Waals surface area contributed by atoms with Gasteiger partial charge in [-0.1, -0.05) is 11.6 Å². The van der Waals surface area contributed by atoms with Gasteiger partial charge in [-0.25, -0.2) is 4.98 Å². The zero-order valence-electron chi connectivity index (χ0n) is 12.6. The minimum atomic E-state index is 0.460. The number of hydrogen-bond donors (Lipinski definition) is 0. The monoisotopic (exact) mass is 324 g/mol. The van der Waals surface area contributed by atoms with E-state index in [1.807, 2.05) is 37.5 Å². The molecular weight excluding hydrogens is 312 g/mol. The first-order valence-corrected chi connectivity index (χ1v) is 7.46. The lowest BCUT2D eigenvalue weighted by Crippen LogP contribution is -1.92. The molecular formula is C17H13ClN4O. The van der Waals surface area contributed by atoms with Crippen LogP contribution in [0.4, 0.5) is 0 Å². The van der Waals surface area contributed by atoms with Crippen LogP contribution in [0.3, 0.4) is 0 Å². The largest absolute Gasteiger partial charge is 0.495 e. The molecule has 0 bridgehead atoms. The first-order valence-electron chi connectivity index (χ1n) is 7.09. The molecule has 0 aliphatic carbocycles. The summed E-state index contributed by atoms with van der Waals surface area (Å²) >= 11 is 5.92. The second-order valence-electron chi connectivity index (χ2n) is 5.28. The molecule has 23 heavy (non-hydrogen) atoms. The Morgan fingerprint density at radius 3 is 2.83 bits per heavy atom. The standard InChI is InChI=1S/C17H13ClN4O/c1-22-9-12-13(21-22)5-4-11(17(12)23-2)14-7-10-3-6-16(18)20-15(10)8-19-14/h3-9H,1-2H3. The quantitative estimate of drug-likeness (QED) is 0.526. The Morgan fingerprint density at radius 2 is 2.00 bits per heavy atom. The summed E-state index contributed by atoms with van der Waals surface area (Å²) in [5.41, 5.74) is 3.40. The number of hydrogen-bond acceptors (Lipinski definition) is 4. The number of benzene rings is 1. The van der Waals surface area contributed by atoms with Crippen molar-refractivity contribution >= 4 is 33.4 Å². The lowest BCUT2D eigenvalue weighted by Gasteiger charge is -2.09. The summed E-state index contributed by atoms with van der Waals surface area (Å²) in [6.45, 7) is 0. The molecule has 0 radical (unpaired) electrons. The van der Waals surface area contributed by atoms with Crippen molar-refractivity contribution < 1.29 is 4.74 Å². The summed E-state index contributed by atoms with van der Waals surface area (Å²) in [6, 6.07) is 9.64. The smallest absolute Gasteiger partial charge is 0.139 e. The fraction of sp³-hybridized carbons (Fsp3) is 0.118. The van der Waals surface area contributed by atoms with Gasteiger partial charge in [0, 0.05) is 24.2 Å². The van der Waals surface area contributed by atoms with E-state index in [0.717, 1.165) is 38.8 Å². The van der Waals surface area contributed by atoms with E-state index >= 15 is 0 Å².